The van der Waals surface area contributed by atoms with Crippen LogP contribution in [0.25, 0.3) is 0 Å². The smallest absolute Gasteiger partial charge is 0.330 e. The molecule has 0 atom stereocenters. The lowest BCUT2D eigenvalue weighted by Gasteiger charge is -1.99. The molecular weight excluding hydrogens is 364 g/mol. The first kappa shape index (κ1) is 20.4. The minimum absolute atomic E-state index is 0.330. The molecule has 0 bridgehead atoms. The molecule has 1 N–H and O–H groups in total. The van der Waals surface area contributed by atoms with E-state index in [1.54, 1.807) is 0 Å². The number of aliphatic hydroxyl groups is 1. The Morgan fingerprint density at radius 1 is 1.06 bits per heavy atom. The predicted molar refractivity (Wildman–Crippen MR) is 83.5 cm³/mol. The van der Waals surface area contributed by atoms with Gasteiger partial charge in [0.05, 0.1) is 6.61 Å². The SMILES string of the molecule is C=CC(=O)OCCCCCBr.OCCCCCBr. The van der Waals surface area contributed by atoms with Gasteiger partial charge in [-0.1, -0.05) is 44.9 Å². The molecule has 0 aromatic heterocycles. The molecule has 0 aromatic carbocycles. The van der Waals surface area contributed by atoms with E-state index in [0.717, 1.165) is 42.8 Å². The Kier molecular flexibility index (Phi) is 22.1. The van der Waals surface area contributed by atoms with Crippen molar-refractivity contribution in [1.82, 2.24) is 0 Å². The van der Waals surface area contributed by atoms with Crippen LogP contribution >= 0.6 is 31.9 Å². The Bertz CT molecular complexity index is 183. The lowest BCUT2D eigenvalue weighted by atomic mass is 10.3. The van der Waals surface area contributed by atoms with Crippen molar-refractivity contribution in [3.8, 4) is 0 Å². The number of unbranched alkanes of at least 4 members (excludes halogenated alkanes) is 4. The lowest BCUT2D eigenvalue weighted by Crippen LogP contribution is -2.01. The second-order valence-corrected chi connectivity index (χ2v) is 5.18. The third kappa shape index (κ3) is 21.4. The second-order valence-electron chi connectivity index (χ2n) is 3.59. The van der Waals surface area contributed by atoms with Crippen molar-refractivity contribution in [2.24, 2.45) is 0 Å². The highest BCUT2D eigenvalue weighted by Crippen LogP contribution is 1.98. The Morgan fingerprint density at radius 2 is 1.61 bits per heavy atom. The molecule has 0 rings (SSSR count). The van der Waals surface area contributed by atoms with E-state index in [-0.39, 0.29) is 5.97 Å². The molecule has 0 saturated carbocycles. The molecule has 0 heterocycles. The summed E-state index contributed by atoms with van der Waals surface area (Å²) in [7, 11) is 0. The van der Waals surface area contributed by atoms with E-state index in [2.05, 4.69) is 38.4 Å². The quantitative estimate of drug-likeness (QED) is 0.268. The van der Waals surface area contributed by atoms with Gasteiger partial charge in [-0.25, -0.2) is 4.79 Å². The number of rotatable bonds is 10. The zero-order valence-corrected chi connectivity index (χ0v) is 14.0. The fourth-order valence-corrected chi connectivity index (χ4v) is 1.78. The maximum Gasteiger partial charge on any atom is 0.330 e. The number of halogens is 2. The van der Waals surface area contributed by atoms with Crippen LogP contribution in [0.3, 0.4) is 0 Å². The maximum atomic E-state index is 10.5. The Balaban J connectivity index is 0. The van der Waals surface area contributed by atoms with Crippen LogP contribution in [0.4, 0.5) is 0 Å². The van der Waals surface area contributed by atoms with Gasteiger partial charge in [0.1, 0.15) is 0 Å². The van der Waals surface area contributed by atoms with Crippen molar-refractivity contribution >= 4 is 37.8 Å². The number of carbonyl (C=O) groups excluding carboxylic acids is 1. The normalized spacial score (nSPS) is 9.28. The topological polar surface area (TPSA) is 46.5 Å². The van der Waals surface area contributed by atoms with Gasteiger partial charge >= 0.3 is 5.97 Å². The van der Waals surface area contributed by atoms with Gasteiger partial charge in [0.25, 0.3) is 0 Å². The first-order valence-corrected chi connectivity index (χ1v) is 8.49. The van der Waals surface area contributed by atoms with Gasteiger partial charge in [0.15, 0.2) is 0 Å². The minimum atomic E-state index is -0.330. The molecule has 3 nitrogen and oxygen atoms in total. The van der Waals surface area contributed by atoms with Gasteiger partial charge < -0.3 is 9.84 Å². The summed E-state index contributed by atoms with van der Waals surface area (Å²) in [6.07, 6.45) is 7.62. The van der Waals surface area contributed by atoms with Gasteiger partial charge in [-0.3, -0.25) is 0 Å². The second kappa shape index (κ2) is 19.5. The first-order chi connectivity index (χ1) is 8.72. The highest BCUT2D eigenvalue weighted by atomic mass is 79.9. The largest absolute Gasteiger partial charge is 0.463 e. The van der Waals surface area contributed by atoms with Crippen LogP contribution in [0.5, 0.6) is 0 Å². The Morgan fingerprint density at radius 3 is 2.06 bits per heavy atom. The van der Waals surface area contributed by atoms with E-state index in [1.165, 1.54) is 12.5 Å². The molecule has 0 saturated heterocycles. The van der Waals surface area contributed by atoms with E-state index in [9.17, 15) is 4.79 Å². The molecule has 0 aliphatic rings. The molecule has 5 heteroatoms. The minimum Gasteiger partial charge on any atom is -0.463 e. The molecule has 0 aliphatic heterocycles. The van der Waals surface area contributed by atoms with E-state index in [1.807, 2.05) is 0 Å². The van der Waals surface area contributed by atoms with Crippen molar-refractivity contribution in [3.05, 3.63) is 12.7 Å². The monoisotopic (exact) mass is 386 g/mol. The molecule has 0 aromatic rings. The van der Waals surface area contributed by atoms with Crippen LogP contribution in [0.2, 0.25) is 0 Å². The number of aliphatic hydroxyl groups excluding tert-OH is 1. The van der Waals surface area contributed by atoms with Gasteiger partial charge in [-0.05, 0) is 32.1 Å². The van der Waals surface area contributed by atoms with Gasteiger partial charge in [0, 0.05) is 23.3 Å². The van der Waals surface area contributed by atoms with Crippen LogP contribution in [-0.2, 0) is 9.53 Å². The summed E-state index contributed by atoms with van der Waals surface area (Å²) in [5.74, 6) is -0.330. The summed E-state index contributed by atoms with van der Waals surface area (Å²) in [6, 6.07) is 0. The van der Waals surface area contributed by atoms with Gasteiger partial charge in [-0.15, -0.1) is 0 Å². The zero-order chi connectivity index (χ0) is 14.1. The standard InChI is InChI=1S/C8H13BrO2.C5H11BrO/c1-2-8(10)11-7-5-3-4-6-9;6-4-2-1-3-5-7/h2H,1,3-7H2;7H,1-5H2. The molecule has 108 valence electrons. The summed E-state index contributed by atoms with van der Waals surface area (Å²) >= 11 is 6.62. The molecule has 0 amide bonds. The number of hydrogen-bond acceptors (Lipinski definition) is 3. The molecular formula is C13H24Br2O3. The van der Waals surface area contributed by atoms with Crippen molar-refractivity contribution in [2.75, 3.05) is 23.9 Å². The molecule has 18 heavy (non-hydrogen) atoms. The predicted octanol–water partition coefficient (Wildman–Crippen LogP) is 3.82. The lowest BCUT2D eigenvalue weighted by molar-refractivity contribution is -0.137. The Hall–Kier alpha value is 0.130. The number of ether oxygens (including phenoxy) is 1. The fraction of sp³-hybridized carbons (Fsp3) is 0.769. The average Bonchev–Trinajstić information content (AvgIpc) is 2.39. The third-order valence-electron chi connectivity index (χ3n) is 1.98. The van der Waals surface area contributed by atoms with Crippen molar-refractivity contribution in [3.63, 3.8) is 0 Å². The van der Waals surface area contributed by atoms with E-state index in [0.29, 0.717) is 13.2 Å². The fourth-order valence-electron chi connectivity index (χ4n) is 0.988. The molecule has 0 fully saturated rings. The van der Waals surface area contributed by atoms with Gasteiger partial charge in [-0.2, -0.15) is 0 Å². The third-order valence-corrected chi connectivity index (χ3v) is 3.10. The van der Waals surface area contributed by atoms with E-state index < -0.39 is 0 Å². The Labute approximate surface area is 127 Å². The number of esters is 1. The molecule has 0 spiro atoms. The van der Waals surface area contributed by atoms with Crippen molar-refractivity contribution < 1.29 is 14.6 Å². The van der Waals surface area contributed by atoms with Crippen LogP contribution in [0.15, 0.2) is 12.7 Å². The summed E-state index contributed by atoms with van der Waals surface area (Å²) in [6.45, 7) is 4.15. The summed E-state index contributed by atoms with van der Waals surface area (Å²) < 4.78 is 4.77. The summed E-state index contributed by atoms with van der Waals surface area (Å²) in [4.78, 5) is 10.5. The van der Waals surface area contributed by atoms with Crippen molar-refractivity contribution in [2.45, 2.75) is 38.5 Å². The molecule has 0 radical (unpaired) electrons. The van der Waals surface area contributed by atoms with Crippen molar-refractivity contribution in [1.29, 1.82) is 0 Å². The zero-order valence-electron chi connectivity index (χ0n) is 10.9. The van der Waals surface area contributed by atoms with Gasteiger partial charge in [0.2, 0.25) is 0 Å². The van der Waals surface area contributed by atoms with Crippen LogP contribution in [0, 0.1) is 0 Å². The molecule has 0 aliphatic carbocycles. The highest BCUT2D eigenvalue weighted by Gasteiger charge is 1.93. The number of alkyl halides is 2. The van der Waals surface area contributed by atoms with Crippen LogP contribution in [-0.4, -0.2) is 34.9 Å². The number of hydrogen-bond donors (Lipinski definition) is 1. The highest BCUT2D eigenvalue weighted by molar-refractivity contribution is 9.09. The maximum absolute atomic E-state index is 10.5. The van der Waals surface area contributed by atoms with Crippen LogP contribution < -0.4 is 0 Å². The van der Waals surface area contributed by atoms with E-state index >= 15 is 0 Å². The van der Waals surface area contributed by atoms with Crippen LogP contribution in [0.1, 0.15) is 38.5 Å². The molecule has 0 unspecified atom stereocenters. The van der Waals surface area contributed by atoms with E-state index in [4.69, 9.17) is 9.84 Å². The summed E-state index contributed by atoms with van der Waals surface area (Å²) in [5.41, 5.74) is 0. The first-order valence-electron chi connectivity index (χ1n) is 6.24. The average molecular weight is 388 g/mol. The number of carbonyl (C=O) groups is 1. The summed E-state index contributed by atoms with van der Waals surface area (Å²) in [5, 5.41) is 10.4.